The Hall–Kier alpha value is -3.78. The second-order valence-corrected chi connectivity index (χ2v) is 13.8. The maximum atomic E-state index is 14.5. The van der Waals surface area contributed by atoms with Crippen molar-refractivity contribution in [1.82, 2.24) is 10.2 Å². The third-order valence-corrected chi connectivity index (χ3v) is 9.75. The predicted molar refractivity (Wildman–Crippen MR) is 179 cm³/mol. The van der Waals surface area contributed by atoms with Gasteiger partial charge in [-0.25, -0.2) is 0 Å². The maximum Gasteiger partial charge on any atom is 0.305 e. The molecule has 1 spiro atoms. The van der Waals surface area contributed by atoms with E-state index in [1.54, 1.807) is 12.1 Å². The van der Waals surface area contributed by atoms with E-state index < -0.39 is 11.6 Å². The van der Waals surface area contributed by atoms with E-state index in [0.29, 0.717) is 35.3 Å². The molecule has 2 amide bonds. The summed E-state index contributed by atoms with van der Waals surface area (Å²) in [7, 11) is 0. The molecule has 5 rings (SSSR count). The second kappa shape index (κ2) is 13.3. The molecule has 0 aromatic heterocycles. The number of benzene rings is 2. The van der Waals surface area contributed by atoms with Gasteiger partial charge in [0.05, 0.1) is 12.5 Å². The van der Waals surface area contributed by atoms with Gasteiger partial charge in [0.15, 0.2) is 0 Å². The van der Waals surface area contributed by atoms with Gasteiger partial charge in [-0.3, -0.25) is 24.4 Å². The van der Waals surface area contributed by atoms with E-state index in [9.17, 15) is 14.4 Å². The lowest BCUT2D eigenvalue weighted by molar-refractivity contribution is -0.137. The zero-order valence-electron chi connectivity index (χ0n) is 26.6. The number of amides is 2. The molecule has 238 valence electrons. The summed E-state index contributed by atoms with van der Waals surface area (Å²) in [6, 6.07) is 15.1. The second-order valence-electron chi connectivity index (χ2n) is 13.4. The number of carbonyl (C=O) groups is 3. The summed E-state index contributed by atoms with van der Waals surface area (Å²) < 4.78 is 0. The van der Waals surface area contributed by atoms with Crippen LogP contribution < -0.4 is 5.32 Å². The molecule has 1 saturated carbocycles. The zero-order chi connectivity index (χ0) is 32.4. The fourth-order valence-electron chi connectivity index (χ4n) is 6.98. The number of carboxylic acid groups (broad SMARTS) is 1. The highest BCUT2D eigenvalue weighted by Crippen LogP contribution is 2.49. The Kier molecular flexibility index (Phi) is 9.63. The normalized spacial score (nSPS) is 22.5. The van der Waals surface area contributed by atoms with Gasteiger partial charge < -0.3 is 15.3 Å². The summed E-state index contributed by atoms with van der Waals surface area (Å²) in [6.45, 7) is 9.66. The number of nitrogens with one attached hydrogen (secondary N) is 1. The van der Waals surface area contributed by atoms with Crippen LogP contribution in [-0.4, -0.2) is 57.4 Å². The van der Waals surface area contributed by atoms with Crippen LogP contribution in [0.2, 0.25) is 0 Å². The summed E-state index contributed by atoms with van der Waals surface area (Å²) in [5.41, 5.74) is 4.34. The summed E-state index contributed by atoms with van der Waals surface area (Å²) in [4.78, 5) is 49.6. The van der Waals surface area contributed by atoms with Crippen molar-refractivity contribution in [2.45, 2.75) is 84.3 Å². The number of carbonyl (C=O) groups excluding carboxylic acids is 2. The molecule has 2 aliphatic heterocycles. The monoisotopic (exact) mass is 630 g/mol. The van der Waals surface area contributed by atoms with E-state index in [0.717, 1.165) is 54.4 Å². The van der Waals surface area contributed by atoms with Crippen molar-refractivity contribution in [1.29, 1.82) is 0 Å². The molecule has 9 heteroatoms. The van der Waals surface area contributed by atoms with E-state index in [1.165, 1.54) is 0 Å². The lowest BCUT2D eigenvalue weighted by atomic mass is 9.69. The van der Waals surface area contributed by atoms with Crippen LogP contribution in [0.25, 0.3) is 5.57 Å². The standard InChI is InChI=1S/C36H43ClN4O4/c1-5-29(23-9-11-24(12-10-23)33(44)39-20-16-31(42)43)41-34(45)32(40-36(41)17-13-28(14-18-36)35(2,3)4)27-8-6-7-25(21-27)26-15-19-38-30(37)22-26/h6-12,21-22,28-29H,5,13-20H2,1-4H3,(H,39,44)(H,42,43). The van der Waals surface area contributed by atoms with Gasteiger partial charge in [-0.1, -0.05) is 69.6 Å². The van der Waals surface area contributed by atoms with Crippen molar-refractivity contribution in [2.24, 2.45) is 21.3 Å². The Morgan fingerprint density at radius 3 is 2.42 bits per heavy atom. The molecule has 1 aliphatic carbocycles. The lowest BCUT2D eigenvalue weighted by Crippen LogP contribution is -2.51. The first-order valence-electron chi connectivity index (χ1n) is 16.0. The van der Waals surface area contributed by atoms with Crippen molar-refractivity contribution >= 4 is 45.8 Å². The SMILES string of the molecule is CCC(c1ccc(C(=O)NCCC(=O)O)cc1)N1C(=O)C(c2cccc(C3=CC(Cl)=NCC3)c2)=NC12CCC(C(C)(C)C)CC2. The molecule has 1 unspecified atom stereocenters. The first-order valence-corrected chi connectivity index (χ1v) is 16.3. The van der Waals surface area contributed by atoms with Crippen LogP contribution in [0.1, 0.15) is 106 Å². The highest BCUT2D eigenvalue weighted by molar-refractivity contribution is 6.69. The topological polar surface area (TPSA) is 111 Å². The maximum absolute atomic E-state index is 14.5. The van der Waals surface area contributed by atoms with E-state index in [2.05, 4.69) is 44.1 Å². The molecule has 2 aromatic carbocycles. The van der Waals surface area contributed by atoms with Crippen molar-refractivity contribution in [3.05, 3.63) is 76.9 Å². The van der Waals surface area contributed by atoms with Crippen LogP contribution in [0.4, 0.5) is 0 Å². The number of hydrogen-bond donors (Lipinski definition) is 2. The molecule has 0 saturated heterocycles. The van der Waals surface area contributed by atoms with Gasteiger partial charge >= 0.3 is 5.97 Å². The molecule has 8 nitrogen and oxygen atoms in total. The zero-order valence-corrected chi connectivity index (χ0v) is 27.4. The Morgan fingerprint density at radius 2 is 1.80 bits per heavy atom. The number of rotatable bonds is 9. The fourth-order valence-corrected chi connectivity index (χ4v) is 7.20. The summed E-state index contributed by atoms with van der Waals surface area (Å²) in [5.74, 6) is -0.807. The van der Waals surface area contributed by atoms with Gasteiger partial charge in [-0.05, 0) is 90.8 Å². The summed E-state index contributed by atoms with van der Waals surface area (Å²) in [5, 5.41) is 12.0. The largest absolute Gasteiger partial charge is 0.481 e. The van der Waals surface area contributed by atoms with Crippen molar-refractivity contribution in [3.63, 3.8) is 0 Å². The number of aliphatic imine (C=N–C) groups is 2. The molecule has 3 aliphatic rings. The number of nitrogens with zero attached hydrogens (tertiary/aromatic N) is 3. The van der Waals surface area contributed by atoms with E-state index in [4.69, 9.17) is 21.7 Å². The molecule has 0 bridgehead atoms. The number of allylic oxidation sites excluding steroid dienone is 1. The molecular weight excluding hydrogens is 588 g/mol. The van der Waals surface area contributed by atoms with Crippen LogP contribution in [-0.2, 0) is 9.59 Å². The molecule has 2 aromatic rings. The minimum atomic E-state index is -0.963. The first-order chi connectivity index (χ1) is 21.4. The van der Waals surface area contributed by atoms with Crippen LogP contribution in [0.15, 0.2) is 64.6 Å². The smallest absolute Gasteiger partial charge is 0.305 e. The summed E-state index contributed by atoms with van der Waals surface area (Å²) in [6.07, 6.45) is 6.80. The third-order valence-electron chi connectivity index (χ3n) is 9.53. The van der Waals surface area contributed by atoms with E-state index >= 15 is 0 Å². The Morgan fingerprint density at radius 1 is 1.11 bits per heavy atom. The van der Waals surface area contributed by atoms with Gasteiger partial charge in [0.1, 0.15) is 16.5 Å². The summed E-state index contributed by atoms with van der Waals surface area (Å²) >= 11 is 6.23. The minimum absolute atomic E-state index is 0.0626. The van der Waals surface area contributed by atoms with E-state index in [-0.39, 0.29) is 36.2 Å². The number of hydrogen-bond acceptors (Lipinski definition) is 5. The average Bonchev–Trinajstić information content (AvgIpc) is 3.28. The van der Waals surface area contributed by atoms with Crippen molar-refractivity contribution in [3.8, 4) is 0 Å². The van der Waals surface area contributed by atoms with Gasteiger partial charge in [0.2, 0.25) is 0 Å². The quantitative estimate of drug-likeness (QED) is 0.310. The number of aliphatic carboxylic acids is 1. The van der Waals surface area contributed by atoms with Gasteiger partial charge in [-0.2, -0.15) is 0 Å². The van der Waals surface area contributed by atoms with Crippen LogP contribution >= 0.6 is 11.6 Å². The highest BCUT2D eigenvalue weighted by atomic mass is 35.5. The molecule has 45 heavy (non-hydrogen) atoms. The van der Waals surface area contributed by atoms with Gasteiger partial charge in [-0.15, -0.1) is 0 Å². The Bertz CT molecular complexity index is 1550. The van der Waals surface area contributed by atoms with Crippen molar-refractivity contribution in [2.75, 3.05) is 13.1 Å². The lowest BCUT2D eigenvalue weighted by Gasteiger charge is -2.47. The molecule has 0 radical (unpaired) electrons. The Labute approximate surface area is 270 Å². The number of dihydropyridines is 1. The highest BCUT2D eigenvalue weighted by Gasteiger charge is 2.52. The predicted octanol–water partition coefficient (Wildman–Crippen LogP) is 7.03. The van der Waals surface area contributed by atoms with Gasteiger partial charge in [0.25, 0.3) is 11.8 Å². The van der Waals surface area contributed by atoms with Crippen LogP contribution in [0, 0.1) is 11.3 Å². The third kappa shape index (κ3) is 7.06. The van der Waals surface area contributed by atoms with Crippen LogP contribution in [0.5, 0.6) is 0 Å². The molecule has 1 fully saturated rings. The van der Waals surface area contributed by atoms with Gasteiger partial charge in [0, 0.05) is 24.2 Å². The van der Waals surface area contributed by atoms with E-state index in [1.807, 2.05) is 41.3 Å². The van der Waals surface area contributed by atoms with Crippen LogP contribution in [0.3, 0.4) is 0 Å². The molecule has 2 N–H and O–H groups in total. The molecule has 2 heterocycles. The average molecular weight is 631 g/mol. The Balaban J connectivity index is 1.47. The molecular formula is C36H43ClN4O4. The number of carboxylic acids is 1. The number of halogens is 1. The minimum Gasteiger partial charge on any atom is -0.481 e. The first kappa shape index (κ1) is 32.6. The molecule has 1 atom stereocenters. The fraction of sp³-hybridized carbons (Fsp3) is 0.472. The van der Waals surface area contributed by atoms with Crippen molar-refractivity contribution < 1.29 is 19.5 Å².